The number of amides is 2. The first-order valence-corrected chi connectivity index (χ1v) is 14.2. The molecule has 0 aliphatic carbocycles. The fourth-order valence-corrected chi connectivity index (χ4v) is 6.17. The molecule has 0 saturated carbocycles. The second kappa shape index (κ2) is 11.7. The summed E-state index contributed by atoms with van der Waals surface area (Å²) in [5, 5.41) is 6.52. The number of nitrogens with zero attached hydrogens (tertiary/aromatic N) is 1. The fraction of sp³-hybridized carbons (Fsp3) is 0.370. The molecular formula is C27H30ClN3O6S. The molecule has 1 aliphatic rings. The Hall–Kier alpha value is -3.21. The van der Waals surface area contributed by atoms with Crippen molar-refractivity contribution in [2.24, 2.45) is 5.92 Å². The van der Waals surface area contributed by atoms with Gasteiger partial charge in [-0.15, -0.1) is 0 Å². The maximum absolute atomic E-state index is 13.2. The van der Waals surface area contributed by atoms with E-state index in [0.717, 1.165) is 9.69 Å². The molecule has 1 aromatic heterocycles. The minimum absolute atomic E-state index is 0.00517. The van der Waals surface area contributed by atoms with Gasteiger partial charge < -0.3 is 15.1 Å². The Morgan fingerprint density at radius 3 is 2.61 bits per heavy atom. The van der Waals surface area contributed by atoms with Crippen molar-refractivity contribution in [2.75, 3.05) is 13.1 Å². The Kier molecular flexibility index (Phi) is 8.54. The van der Waals surface area contributed by atoms with Gasteiger partial charge in [-0.05, 0) is 55.5 Å². The third-order valence-corrected chi connectivity index (χ3v) is 8.43. The zero-order valence-electron chi connectivity index (χ0n) is 21.1. The largest absolute Gasteiger partial charge is 0.451 e. The molecule has 2 atom stereocenters. The van der Waals surface area contributed by atoms with Gasteiger partial charge in [-0.2, -0.15) is 4.31 Å². The Bertz CT molecular complexity index is 1420. The number of carbonyl (C=O) groups is 3. The van der Waals surface area contributed by atoms with Gasteiger partial charge in [0.1, 0.15) is 11.6 Å². The fourth-order valence-electron chi connectivity index (χ4n) is 4.43. The lowest BCUT2D eigenvalue weighted by Crippen LogP contribution is -2.52. The van der Waals surface area contributed by atoms with Crippen LogP contribution in [-0.4, -0.2) is 55.5 Å². The van der Waals surface area contributed by atoms with Crippen LogP contribution in [-0.2, 0) is 19.6 Å². The molecule has 2 aromatic carbocycles. The summed E-state index contributed by atoms with van der Waals surface area (Å²) in [5.74, 6) is -1.31. The van der Waals surface area contributed by atoms with Crippen LogP contribution >= 0.6 is 11.6 Å². The van der Waals surface area contributed by atoms with E-state index in [0.29, 0.717) is 18.4 Å². The van der Waals surface area contributed by atoms with E-state index in [1.807, 2.05) is 26.0 Å². The van der Waals surface area contributed by atoms with Crippen LogP contribution in [0.25, 0.3) is 11.0 Å². The number of nitrogens with one attached hydrogen (secondary N) is 2. The van der Waals surface area contributed by atoms with E-state index in [1.54, 1.807) is 24.3 Å². The molecule has 0 spiro atoms. The van der Waals surface area contributed by atoms with Gasteiger partial charge in [-0.1, -0.05) is 49.7 Å². The molecule has 0 bridgehead atoms. The lowest BCUT2D eigenvalue weighted by molar-refractivity contribution is -0.129. The van der Waals surface area contributed by atoms with E-state index >= 15 is 0 Å². The summed E-state index contributed by atoms with van der Waals surface area (Å²) in [6.45, 7) is 3.59. The van der Waals surface area contributed by atoms with Crippen LogP contribution in [0.3, 0.4) is 0 Å². The molecule has 3 aromatic rings. The Labute approximate surface area is 226 Å². The number of halogens is 1. The summed E-state index contributed by atoms with van der Waals surface area (Å²) in [5.41, 5.74) is 0.559. The number of sulfonamides is 1. The second-order valence-electron chi connectivity index (χ2n) is 9.77. The minimum atomic E-state index is -3.93. The molecule has 9 nitrogen and oxygen atoms in total. The van der Waals surface area contributed by atoms with Gasteiger partial charge in [0.2, 0.25) is 15.9 Å². The van der Waals surface area contributed by atoms with E-state index in [2.05, 4.69) is 10.6 Å². The normalized spacial score (nSPS) is 17.8. The molecule has 1 unspecified atom stereocenters. The zero-order valence-corrected chi connectivity index (χ0v) is 22.7. The monoisotopic (exact) mass is 559 g/mol. The van der Waals surface area contributed by atoms with Crippen LogP contribution in [0, 0.1) is 5.92 Å². The summed E-state index contributed by atoms with van der Waals surface area (Å²) < 4.78 is 32.9. The van der Waals surface area contributed by atoms with Crippen molar-refractivity contribution in [1.29, 1.82) is 0 Å². The van der Waals surface area contributed by atoms with Gasteiger partial charge in [-0.25, -0.2) is 8.42 Å². The van der Waals surface area contributed by atoms with Crippen molar-refractivity contribution in [3.05, 3.63) is 65.4 Å². The highest BCUT2D eigenvalue weighted by molar-refractivity contribution is 7.89. The first-order chi connectivity index (χ1) is 18.0. The Morgan fingerprint density at radius 2 is 1.89 bits per heavy atom. The maximum Gasteiger partial charge on any atom is 0.287 e. The molecule has 1 aliphatic heterocycles. The first-order valence-electron chi connectivity index (χ1n) is 12.4. The summed E-state index contributed by atoms with van der Waals surface area (Å²) >= 11 is 5.96. The molecule has 4 rings (SSSR count). The van der Waals surface area contributed by atoms with Gasteiger partial charge >= 0.3 is 0 Å². The summed E-state index contributed by atoms with van der Waals surface area (Å²) in [7, 11) is -3.93. The van der Waals surface area contributed by atoms with Gasteiger partial charge in [0.25, 0.3) is 5.91 Å². The topological polar surface area (TPSA) is 126 Å². The van der Waals surface area contributed by atoms with Crippen LogP contribution < -0.4 is 10.6 Å². The molecule has 2 N–H and O–H groups in total. The molecule has 38 heavy (non-hydrogen) atoms. The van der Waals surface area contributed by atoms with Crippen molar-refractivity contribution in [3.8, 4) is 0 Å². The number of Topliss-reactive ketones (excluding diaryl/α,β-unsaturated/α-hetero) is 1. The molecule has 11 heteroatoms. The van der Waals surface area contributed by atoms with E-state index < -0.39 is 39.7 Å². The van der Waals surface area contributed by atoms with Gasteiger partial charge in [0.05, 0.1) is 17.5 Å². The second-order valence-corrected chi connectivity index (χ2v) is 12.1. The van der Waals surface area contributed by atoms with E-state index in [9.17, 15) is 22.8 Å². The number of hydrogen-bond donors (Lipinski definition) is 2. The molecular weight excluding hydrogens is 530 g/mol. The highest BCUT2D eigenvalue weighted by atomic mass is 35.5. The molecule has 1 saturated heterocycles. The van der Waals surface area contributed by atoms with Crippen LogP contribution in [0.4, 0.5) is 0 Å². The van der Waals surface area contributed by atoms with Crippen molar-refractivity contribution in [2.45, 2.75) is 50.1 Å². The standard InChI is InChI=1S/C27H30ClN3O6S/c1-17(2)13-22(30-27(34)25-14-18-7-3-4-11-24(18)37-25)26(33)29-21-10-6-12-31(16-23(21)32)38(35,36)20-9-5-8-19(28)15-20/h3-5,7-9,11,14-15,17,21-22H,6,10,12-13,16H2,1-2H3,(H,29,33)(H,30,34)/t21-,22?/m0/s1. The highest BCUT2D eigenvalue weighted by Crippen LogP contribution is 2.23. The number of rotatable bonds is 8. The predicted molar refractivity (Wildman–Crippen MR) is 143 cm³/mol. The number of benzene rings is 2. The third-order valence-electron chi connectivity index (χ3n) is 6.35. The average molecular weight is 560 g/mol. The predicted octanol–water partition coefficient (Wildman–Crippen LogP) is 3.77. The molecule has 0 radical (unpaired) electrons. The van der Waals surface area contributed by atoms with Crippen LogP contribution in [0.5, 0.6) is 0 Å². The van der Waals surface area contributed by atoms with Gasteiger partial charge in [0.15, 0.2) is 11.5 Å². The smallest absolute Gasteiger partial charge is 0.287 e. The summed E-state index contributed by atoms with van der Waals surface area (Å²) in [4.78, 5) is 39.2. The van der Waals surface area contributed by atoms with Crippen molar-refractivity contribution in [1.82, 2.24) is 14.9 Å². The lowest BCUT2D eigenvalue weighted by atomic mass is 10.0. The average Bonchev–Trinajstić information content (AvgIpc) is 3.22. The van der Waals surface area contributed by atoms with Gasteiger partial charge in [0, 0.05) is 17.0 Å². The van der Waals surface area contributed by atoms with E-state index in [1.165, 1.54) is 18.2 Å². The quantitative estimate of drug-likeness (QED) is 0.433. The molecule has 1 fully saturated rings. The Morgan fingerprint density at radius 1 is 1.13 bits per heavy atom. The lowest BCUT2D eigenvalue weighted by Gasteiger charge is -2.23. The SMILES string of the molecule is CC(C)CC(NC(=O)c1cc2ccccc2o1)C(=O)N[C@H]1CCCN(S(=O)(=O)c2cccc(Cl)c2)CC1=O. The number of carbonyl (C=O) groups excluding carboxylic acids is 3. The van der Waals surface area contributed by atoms with Crippen LogP contribution in [0.15, 0.2) is 63.9 Å². The van der Waals surface area contributed by atoms with Crippen molar-refractivity contribution < 1.29 is 27.2 Å². The number of ketones is 1. The molecule has 2 heterocycles. The number of hydrogen-bond acceptors (Lipinski definition) is 6. The van der Waals surface area contributed by atoms with E-state index in [4.69, 9.17) is 16.0 Å². The van der Waals surface area contributed by atoms with E-state index in [-0.39, 0.29) is 41.1 Å². The Balaban J connectivity index is 1.44. The van der Waals surface area contributed by atoms with Gasteiger partial charge in [-0.3, -0.25) is 14.4 Å². The van der Waals surface area contributed by atoms with Crippen molar-refractivity contribution >= 4 is 50.2 Å². The molecule has 202 valence electrons. The van der Waals surface area contributed by atoms with Crippen molar-refractivity contribution in [3.63, 3.8) is 0 Å². The molecule has 2 amide bonds. The first kappa shape index (κ1) is 27.8. The van der Waals surface area contributed by atoms with Crippen LogP contribution in [0.1, 0.15) is 43.7 Å². The van der Waals surface area contributed by atoms with Crippen LogP contribution in [0.2, 0.25) is 5.02 Å². The number of para-hydroxylation sites is 1. The maximum atomic E-state index is 13.2. The third kappa shape index (κ3) is 6.43. The summed E-state index contributed by atoms with van der Waals surface area (Å²) in [6.07, 6.45) is 0.989. The zero-order chi connectivity index (χ0) is 27.4. The minimum Gasteiger partial charge on any atom is -0.451 e. The number of fused-ring (bicyclic) bond motifs is 1. The summed E-state index contributed by atoms with van der Waals surface area (Å²) in [6, 6.07) is 12.9. The number of furan rings is 1. The highest BCUT2D eigenvalue weighted by Gasteiger charge is 2.34.